The topological polar surface area (TPSA) is 64.6 Å². The molecule has 0 spiro atoms. The summed E-state index contributed by atoms with van der Waals surface area (Å²) in [5.41, 5.74) is 0.677. The molecule has 5 heteroatoms. The van der Waals surface area contributed by atoms with Crippen molar-refractivity contribution in [2.75, 3.05) is 11.9 Å². The molecular weight excluding hydrogens is 258 g/mol. The van der Waals surface area contributed by atoms with Crippen LogP contribution in [0.5, 0.6) is 5.75 Å². The van der Waals surface area contributed by atoms with Crippen molar-refractivity contribution in [3.8, 4) is 5.75 Å². The summed E-state index contributed by atoms with van der Waals surface area (Å²) in [5, 5.41) is 2.65. The Hall–Kier alpha value is -1.88. The van der Waals surface area contributed by atoms with Crippen molar-refractivity contribution >= 4 is 17.6 Å². The molecule has 5 nitrogen and oxygen atoms in total. The summed E-state index contributed by atoms with van der Waals surface area (Å²) in [4.78, 5) is 22.6. The Kier molecular flexibility index (Phi) is 5.12. The van der Waals surface area contributed by atoms with E-state index >= 15 is 0 Å². The van der Waals surface area contributed by atoms with Gasteiger partial charge in [0.25, 0.3) is 0 Å². The SMILES string of the molecule is CC(=O)Nc1ccc(OC(=O)CCC2CCCO2)cc1. The van der Waals surface area contributed by atoms with Crippen molar-refractivity contribution in [2.45, 2.75) is 38.7 Å². The highest BCUT2D eigenvalue weighted by molar-refractivity contribution is 5.88. The van der Waals surface area contributed by atoms with Gasteiger partial charge in [0.1, 0.15) is 5.75 Å². The molecule has 1 saturated heterocycles. The Bertz CT molecular complexity index is 463. The van der Waals surface area contributed by atoms with Crippen molar-refractivity contribution in [1.29, 1.82) is 0 Å². The lowest BCUT2D eigenvalue weighted by molar-refractivity contribution is -0.135. The van der Waals surface area contributed by atoms with Crippen LogP contribution in [0.25, 0.3) is 0 Å². The van der Waals surface area contributed by atoms with Gasteiger partial charge in [0.2, 0.25) is 5.91 Å². The molecule has 0 saturated carbocycles. The van der Waals surface area contributed by atoms with Crippen molar-refractivity contribution in [3.05, 3.63) is 24.3 Å². The van der Waals surface area contributed by atoms with Crippen LogP contribution in [0.1, 0.15) is 32.6 Å². The van der Waals surface area contributed by atoms with Gasteiger partial charge in [0, 0.05) is 25.6 Å². The summed E-state index contributed by atoms with van der Waals surface area (Å²) in [7, 11) is 0. The lowest BCUT2D eigenvalue weighted by atomic mass is 10.1. The van der Waals surface area contributed by atoms with Gasteiger partial charge in [-0.3, -0.25) is 9.59 Å². The van der Waals surface area contributed by atoms with Crippen LogP contribution in [0, 0.1) is 0 Å². The molecule has 0 bridgehead atoms. The van der Waals surface area contributed by atoms with Crippen LogP contribution in [0.2, 0.25) is 0 Å². The monoisotopic (exact) mass is 277 g/mol. The predicted octanol–water partition coefficient (Wildman–Crippen LogP) is 2.51. The van der Waals surface area contributed by atoms with Crippen molar-refractivity contribution in [2.24, 2.45) is 0 Å². The quantitative estimate of drug-likeness (QED) is 0.663. The number of carbonyl (C=O) groups excluding carboxylic acids is 2. The van der Waals surface area contributed by atoms with E-state index in [0.29, 0.717) is 24.3 Å². The highest BCUT2D eigenvalue weighted by Crippen LogP contribution is 2.19. The summed E-state index contributed by atoms with van der Waals surface area (Å²) in [6.07, 6.45) is 3.37. The molecule has 2 rings (SSSR count). The van der Waals surface area contributed by atoms with Crippen LogP contribution in [-0.4, -0.2) is 24.6 Å². The van der Waals surface area contributed by atoms with E-state index in [2.05, 4.69) is 5.32 Å². The number of hydrogen-bond acceptors (Lipinski definition) is 4. The summed E-state index contributed by atoms with van der Waals surface area (Å²) in [6.45, 7) is 2.24. The van der Waals surface area contributed by atoms with Crippen LogP contribution >= 0.6 is 0 Å². The zero-order chi connectivity index (χ0) is 14.4. The molecular formula is C15H19NO4. The summed E-state index contributed by atoms with van der Waals surface area (Å²) in [6, 6.07) is 6.72. The highest BCUT2D eigenvalue weighted by atomic mass is 16.5. The van der Waals surface area contributed by atoms with E-state index in [1.807, 2.05) is 0 Å². The molecule has 1 N–H and O–H groups in total. The van der Waals surface area contributed by atoms with Gasteiger partial charge in [-0.05, 0) is 43.5 Å². The van der Waals surface area contributed by atoms with Crippen molar-refractivity contribution < 1.29 is 19.1 Å². The van der Waals surface area contributed by atoms with E-state index in [4.69, 9.17) is 9.47 Å². The number of hydrogen-bond donors (Lipinski definition) is 1. The molecule has 1 heterocycles. The smallest absolute Gasteiger partial charge is 0.311 e. The van der Waals surface area contributed by atoms with Crippen molar-refractivity contribution in [1.82, 2.24) is 0 Å². The molecule has 1 amide bonds. The fourth-order valence-corrected chi connectivity index (χ4v) is 2.14. The zero-order valence-electron chi connectivity index (χ0n) is 11.6. The lowest BCUT2D eigenvalue weighted by Crippen LogP contribution is -2.13. The molecule has 0 aromatic heterocycles. The molecule has 1 atom stereocenters. The number of amides is 1. The molecule has 20 heavy (non-hydrogen) atoms. The number of ether oxygens (including phenoxy) is 2. The Labute approximate surface area is 118 Å². The second-order valence-electron chi connectivity index (χ2n) is 4.85. The first kappa shape index (κ1) is 14.5. The molecule has 0 aliphatic carbocycles. The summed E-state index contributed by atoms with van der Waals surface area (Å²) < 4.78 is 10.7. The fraction of sp³-hybridized carbons (Fsp3) is 0.467. The van der Waals surface area contributed by atoms with E-state index in [0.717, 1.165) is 19.4 Å². The third-order valence-electron chi connectivity index (χ3n) is 3.10. The number of benzene rings is 1. The minimum absolute atomic E-state index is 0.133. The van der Waals surface area contributed by atoms with Crippen LogP contribution < -0.4 is 10.1 Å². The van der Waals surface area contributed by atoms with Crippen LogP contribution in [0.15, 0.2) is 24.3 Å². The van der Waals surface area contributed by atoms with Gasteiger partial charge in [-0.1, -0.05) is 0 Å². The van der Waals surface area contributed by atoms with E-state index in [1.54, 1.807) is 24.3 Å². The number of anilines is 1. The zero-order valence-corrected chi connectivity index (χ0v) is 11.6. The van der Waals surface area contributed by atoms with Gasteiger partial charge in [0.15, 0.2) is 0 Å². The second kappa shape index (κ2) is 7.05. The van der Waals surface area contributed by atoms with E-state index in [9.17, 15) is 9.59 Å². The average molecular weight is 277 g/mol. The van der Waals surface area contributed by atoms with Gasteiger partial charge < -0.3 is 14.8 Å². The standard InChI is InChI=1S/C15H19NO4/c1-11(17)16-12-4-6-14(7-5-12)20-15(18)9-8-13-3-2-10-19-13/h4-7,13H,2-3,8-10H2,1H3,(H,16,17). The Balaban J connectivity index is 1.76. The maximum atomic E-state index is 11.7. The summed E-state index contributed by atoms with van der Waals surface area (Å²) >= 11 is 0. The normalized spacial score (nSPS) is 17.8. The van der Waals surface area contributed by atoms with Crippen LogP contribution in [-0.2, 0) is 14.3 Å². The average Bonchev–Trinajstić information content (AvgIpc) is 2.91. The molecule has 1 fully saturated rings. The number of esters is 1. The molecule has 1 aliphatic rings. The number of nitrogens with one attached hydrogen (secondary N) is 1. The fourth-order valence-electron chi connectivity index (χ4n) is 2.14. The minimum Gasteiger partial charge on any atom is -0.427 e. The highest BCUT2D eigenvalue weighted by Gasteiger charge is 2.17. The number of rotatable bonds is 5. The van der Waals surface area contributed by atoms with Gasteiger partial charge in [-0.2, -0.15) is 0 Å². The maximum Gasteiger partial charge on any atom is 0.311 e. The van der Waals surface area contributed by atoms with Gasteiger partial charge >= 0.3 is 5.97 Å². The van der Waals surface area contributed by atoms with Gasteiger partial charge in [0.05, 0.1) is 6.10 Å². The van der Waals surface area contributed by atoms with E-state index in [-0.39, 0.29) is 18.0 Å². The number of carbonyl (C=O) groups is 2. The Morgan fingerprint density at radius 1 is 1.35 bits per heavy atom. The third-order valence-corrected chi connectivity index (χ3v) is 3.10. The van der Waals surface area contributed by atoms with Crippen LogP contribution in [0.4, 0.5) is 5.69 Å². The third kappa shape index (κ3) is 4.66. The van der Waals surface area contributed by atoms with Crippen LogP contribution in [0.3, 0.4) is 0 Å². The molecule has 0 radical (unpaired) electrons. The van der Waals surface area contributed by atoms with E-state index < -0.39 is 0 Å². The maximum absolute atomic E-state index is 11.7. The predicted molar refractivity (Wildman–Crippen MR) is 74.6 cm³/mol. The molecule has 1 aliphatic heterocycles. The van der Waals surface area contributed by atoms with Gasteiger partial charge in [-0.25, -0.2) is 0 Å². The molecule has 108 valence electrons. The van der Waals surface area contributed by atoms with Crippen molar-refractivity contribution in [3.63, 3.8) is 0 Å². The van der Waals surface area contributed by atoms with E-state index in [1.165, 1.54) is 6.92 Å². The Morgan fingerprint density at radius 3 is 2.70 bits per heavy atom. The molecule has 1 aromatic rings. The lowest BCUT2D eigenvalue weighted by Gasteiger charge is -2.09. The molecule has 1 unspecified atom stereocenters. The molecule has 1 aromatic carbocycles. The summed E-state index contributed by atoms with van der Waals surface area (Å²) in [5.74, 6) is 0.0931. The first-order chi connectivity index (χ1) is 9.63. The first-order valence-electron chi connectivity index (χ1n) is 6.83. The Morgan fingerprint density at radius 2 is 2.10 bits per heavy atom. The first-order valence-corrected chi connectivity index (χ1v) is 6.83. The largest absolute Gasteiger partial charge is 0.427 e. The van der Waals surface area contributed by atoms with Gasteiger partial charge in [-0.15, -0.1) is 0 Å². The minimum atomic E-state index is -0.257. The second-order valence-corrected chi connectivity index (χ2v) is 4.85.